The van der Waals surface area contributed by atoms with Gasteiger partial charge in [0, 0.05) is 17.7 Å². The van der Waals surface area contributed by atoms with Crippen LogP contribution in [-0.4, -0.2) is 16.2 Å². The fraction of sp³-hybridized carbons (Fsp3) is 0.400. The molecule has 0 radical (unpaired) electrons. The first kappa shape index (κ1) is 11.9. The van der Waals surface area contributed by atoms with Crippen molar-refractivity contribution in [2.75, 3.05) is 0 Å². The number of hydrogen-bond donors (Lipinski definition) is 1. The molecule has 3 heteroatoms. The molecular formula is C15H17NOS. The highest BCUT2D eigenvalue weighted by Crippen LogP contribution is 2.36. The zero-order chi connectivity index (χ0) is 12.5. The van der Waals surface area contributed by atoms with Crippen molar-refractivity contribution in [3.63, 3.8) is 0 Å². The molecule has 3 rings (SSSR count). The van der Waals surface area contributed by atoms with Gasteiger partial charge in [-0.3, -0.25) is 0 Å². The largest absolute Gasteiger partial charge is 0.392 e. The highest BCUT2D eigenvalue weighted by molar-refractivity contribution is 7.09. The number of rotatable bonds is 3. The Morgan fingerprint density at radius 1 is 1.44 bits per heavy atom. The van der Waals surface area contributed by atoms with Crippen molar-refractivity contribution in [2.24, 2.45) is 0 Å². The van der Waals surface area contributed by atoms with Crippen molar-refractivity contribution in [2.45, 2.75) is 38.2 Å². The molecule has 2 nitrogen and oxygen atoms in total. The van der Waals surface area contributed by atoms with E-state index in [2.05, 4.69) is 34.6 Å². The molecule has 2 aromatic rings. The molecule has 0 aliphatic heterocycles. The topological polar surface area (TPSA) is 33.1 Å². The first-order valence-corrected chi connectivity index (χ1v) is 7.29. The van der Waals surface area contributed by atoms with Gasteiger partial charge in [-0.05, 0) is 30.9 Å². The third-order valence-corrected chi connectivity index (χ3v) is 4.55. The second-order valence-electron chi connectivity index (χ2n) is 4.97. The predicted octanol–water partition coefficient (Wildman–Crippen LogP) is 3.08. The van der Waals surface area contributed by atoms with Gasteiger partial charge in [0.1, 0.15) is 0 Å². The minimum absolute atomic E-state index is 0.281. The number of aliphatic hydroxyl groups is 1. The smallest absolute Gasteiger partial charge is 0.0897 e. The van der Waals surface area contributed by atoms with E-state index in [1.165, 1.54) is 11.1 Å². The molecule has 0 fully saturated rings. The molecule has 1 heterocycles. The first-order valence-electron chi connectivity index (χ1n) is 6.41. The van der Waals surface area contributed by atoms with Crippen LogP contribution in [0.15, 0.2) is 29.6 Å². The Balaban J connectivity index is 1.76. The van der Waals surface area contributed by atoms with Crippen molar-refractivity contribution >= 4 is 11.3 Å². The van der Waals surface area contributed by atoms with E-state index in [-0.39, 0.29) is 12.0 Å². The molecule has 1 aliphatic rings. The summed E-state index contributed by atoms with van der Waals surface area (Å²) in [6, 6.07) is 8.48. The lowest BCUT2D eigenvalue weighted by Gasteiger charge is -2.18. The maximum absolute atomic E-state index is 10.4. The van der Waals surface area contributed by atoms with Gasteiger partial charge in [-0.25, -0.2) is 4.98 Å². The molecule has 18 heavy (non-hydrogen) atoms. The zero-order valence-corrected chi connectivity index (χ0v) is 11.3. The summed E-state index contributed by atoms with van der Waals surface area (Å²) < 4.78 is 0. The Hall–Kier alpha value is -1.19. The van der Waals surface area contributed by atoms with Crippen molar-refractivity contribution in [3.8, 4) is 0 Å². The van der Waals surface area contributed by atoms with Crippen molar-refractivity contribution in [3.05, 3.63) is 51.5 Å². The summed E-state index contributed by atoms with van der Waals surface area (Å²) in [5.74, 6) is 0.281. The van der Waals surface area contributed by atoms with Crippen LogP contribution >= 0.6 is 11.3 Å². The van der Waals surface area contributed by atoms with E-state index in [0.717, 1.165) is 23.5 Å². The summed E-state index contributed by atoms with van der Waals surface area (Å²) in [7, 11) is 0. The third-order valence-electron chi connectivity index (χ3n) is 3.73. The Kier molecular flexibility index (Phi) is 3.18. The molecule has 94 valence electrons. The number of aromatic nitrogens is 1. The quantitative estimate of drug-likeness (QED) is 0.919. The standard InChI is InChI=1S/C15H17NOS/c1-10-16-12(9-18-10)8-15(17)14-7-6-11-4-2-3-5-13(11)14/h2-5,9,14-15,17H,6-8H2,1H3. The first-order chi connectivity index (χ1) is 8.74. The molecule has 0 saturated carbocycles. The predicted molar refractivity (Wildman–Crippen MR) is 74.1 cm³/mol. The summed E-state index contributed by atoms with van der Waals surface area (Å²) >= 11 is 1.65. The monoisotopic (exact) mass is 259 g/mol. The van der Waals surface area contributed by atoms with E-state index < -0.39 is 0 Å². The number of fused-ring (bicyclic) bond motifs is 1. The number of aliphatic hydroxyl groups excluding tert-OH is 1. The van der Waals surface area contributed by atoms with Crippen LogP contribution in [0.3, 0.4) is 0 Å². The van der Waals surface area contributed by atoms with Crippen LogP contribution < -0.4 is 0 Å². The molecule has 0 amide bonds. The number of aryl methyl sites for hydroxylation is 2. The molecule has 1 N–H and O–H groups in total. The van der Waals surface area contributed by atoms with Crippen LogP contribution in [0.2, 0.25) is 0 Å². The summed E-state index contributed by atoms with van der Waals surface area (Å²) in [5.41, 5.74) is 3.75. The second-order valence-corrected chi connectivity index (χ2v) is 6.04. The number of hydrogen-bond acceptors (Lipinski definition) is 3. The third kappa shape index (κ3) is 2.20. The van der Waals surface area contributed by atoms with Crippen LogP contribution in [0.1, 0.15) is 34.2 Å². The van der Waals surface area contributed by atoms with E-state index >= 15 is 0 Å². The van der Waals surface area contributed by atoms with Crippen LogP contribution in [0, 0.1) is 6.92 Å². The average molecular weight is 259 g/mol. The van der Waals surface area contributed by atoms with Gasteiger partial charge in [-0.1, -0.05) is 24.3 Å². The van der Waals surface area contributed by atoms with Crippen molar-refractivity contribution in [1.29, 1.82) is 0 Å². The normalized spacial score (nSPS) is 19.8. The van der Waals surface area contributed by atoms with Crippen molar-refractivity contribution in [1.82, 2.24) is 4.98 Å². The van der Waals surface area contributed by atoms with Crippen LogP contribution in [0.5, 0.6) is 0 Å². The van der Waals surface area contributed by atoms with Gasteiger partial charge in [0.2, 0.25) is 0 Å². The molecule has 2 atom stereocenters. The molecule has 0 bridgehead atoms. The van der Waals surface area contributed by atoms with E-state index in [1.807, 2.05) is 6.92 Å². The minimum Gasteiger partial charge on any atom is -0.392 e. The molecule has 1 aliphatic carbocycles. The van der Waals surface area contributed by atoms with Gasteiger partial charge >= 0.3 is 0 Å². The Labute approximate surface area is 111 Å². The highest BCUT2D eigenvalue weighted by atomic mass is 32.1. The van der Waals surface area contributed by atoms with E-state index in [1.54, 1.807) is 11.3 Å². The molecule has 0 spiro atoms. The summed E-state index contributed by atoms with van der Waals surface area (Å²) in [6.07, 6.45) is 2.51. The highest BCUT2D eigenvalue weighted by Gasteiger charge is 2.28. The number of nitrogens with zero attached hydrogens (tertiary/aromatic N) is 1. The van der Waals surface area contributed by atoms with Crippen LogP contribution in [-0.2, 0) is 12.8 Å². The zero-order valence-electron chi connectivity index (χ0n) is 10.5. The van der Waals surface area contributed by atoms with Gasteiger partial charge in [-0.15, -0.1) is 11.3 Å². The second kappa shape index (κ2) is 4.82. The van der Waals surface area contributed by atoms with E-state index in [9.17, 15) is 5.11 Å². The molecule has 2 unspecified atom stereocenters. The Morgan fingerprint density at radius 2 is 2.28 bits per heavy atom. The van der Waals surface area contributed by atoms with E-state index in [0.29, 0.717) is 6.42 Å². The fourth-order valence-electron chi connectivity index (χ4n) is 2.85. The van der Waals surface area contributed by atoms with Crippen LogP contribution in [0.4, 0.5) is 0 Å². The molecule has 1 aromatic heterocycles. The molecular weight excluding hydrogens is 242 g/mol. The maximum Gasteiger partial charge on any atom is 0.0897 e. The lowest BCUT2D eigenvalue weighted by atomic mass is 9.93. The summed E-state index contributed by atoms with van der Waals surface area (Å²) in [6.45, 7) is 2.01. The van der Waals surface area contributed by atoms with Gasteiger partial charge in [0.05, 0.1) is 16.8 Å². The lowest BCUT2D eigenvalue weighted by Crippen LogP contribution is -2.19. The van der Waals surface area contributed by atoms with Crippen molar-refractivity contribution < 1.29 is 5.11 Å². The summed E-state index contributed by atoms with van der Waals surface area (Å²) in [5, 5.41) is 13.6. The number of thiazole rings is 1. The average Bonchev–Trinajstić information content (AvgIpc) is 2.95. The Bertz CT molecular complexity index is 549. The lowest BCUT2D eigenvalue weighted by molar-refractivity contribution is 0.142. The summed E-state index contributed by atoms with van der Waals surface area (Å²) in [4.78, 5) is 4.44. The van der Waals surface area contributed by atoms with Gasteiger partial charge < -0.3 is 5.11 Å². The Morgan fingerprint density at radius 3 is 3.06 bits per heavy atom. The molecule has 1 aromatic carbocycles. The van der Waals surface area contributed by atoms with Gasteiger partial charge in [-0.2, -0.15) is 0 Å². The number of benzene rings is 1. The minimum atomic E-state index is -0.310. The maximum atomic E-state index is 10.4. The van der Waals surface area contributed by atoms with Gasteiger partial charge in [0.25, 0.3) is 0 Å². The SMILES string of the molecule is Cc1nc(CC(O)C2CCc3ccccc32)cs1. The van der Waals surface area contributed by atoms with E-state index in [4.69, 9.17) is 0 Å². The molecule has 0 saturated heterocycles. The fourth-order valence-corrected chi connectivity index (χ4v) is 3.47. The van der Waals surface area contributed by atoms with Crippen LogP contribution in [0.25, 0.3) is 0 Å². The van der Waals surface area contributed by atoms with Gasteiger partial charge in [0.15, 0.2) is 0 Å².